The first kappa shape index (κ1) is 23.2. The number of hydrogen-bond donors (Lipinski definition) is 0. The van der Waals surface area contributed by atoms with Crippen LogP contribution in [-0.4, -0.2) is 76.6 Å². The van der Waals surface area contributed by atoms with Gasteiger partial charge in [-0.05, 0) is 30.3 Å². The van der Waals surface area contributed by atoms with Crippen LogP contribution in [0.4, 0.5) is 5.95 Å². The van der Waals surface area contributed by atoms with Crippen LogP contribution in [0.3, 0.4) is 0 Å². The summed E-state index contributed by atoms with van der Waals surface area (Å²) >= 11 is 5.94. The second-order valence-corrected chi connectivity index (χ2v) is 9.64. The molecular formula is C26H34N6OS. The number of anilines is 1. The molecule has 2 aromatic carbocycles. The second kappa shape index (κ2) is 10.8. The van der Waals surface area contributed by atoms with E-state index in [0.717, 1.165) is 83.0 Å². The van der Waals surface area contributed by atoms with Crippen molar-refractivity contribution in [3.05, 3.63) is 76.1 Å². The maximum atomic E-state index is 5.94. The largest absolute Gasteiger partial charge is 0.378 e. The Bertz CT molecular complexity index is 1130. The predicted octanol–water partition coefficient (Wildman–Crippen LogP) is 3.38. The SMILES string of the molecule is Cc1cccc(CN2CCN(Cn3nc(N4CCOCC4)n(Cc4ccccc4)c3=S)CC2)c1. The minimum Gasteiger partial charge on any atom is -0.378 e. The maximum absolute atomic E-state index is 5.94. The van der Waals surface area contributed by atoms with Crippen molar-refractivity contribution in [3.8, 4) is 0 Å². The van der Waals surface area contributed by atoms with Gasteiger partial charge in [0.15, 0.2) is 0 Å². The van der Waals surface area contributed by atoms with Gasteiger partial charge in [0.25, 0.3) is 0 Å². The Balaban J connectivity index is 1.27. The van der Waals surface area contributed by atoms with Crippen molar-refractivity contribution in [2.45, 2.75) is 26.7 Å². The molecule has 0 saturated carbocycles. The standard InChI is InChI=1S/C26H34N6OS/c1-22-6-5-9-24(18-22)19-28-10-12-29(13-11-28)21-32-26(34)31(20-23-7-3-2-4-8-23)25(27-32)30-14-16-33-17-15-30/h2-9,18H,10-17,19-21H2,1H3. The number of piperazine rings is 1. The van der Waals surface area contributed by atoms with Crippen LogP contribution < -0.4 is 4.90 Å². The van der Waals surface area contributed by atoms with E-state index in [-0.39, 0.29) is 0 Å². The zero-order valence-corrected chi connectivity index (χ0v) is 20.8. The molecule has 5 rings (SSSR count). The molecule has 0 atom stereocenters. The zero-order chi connectivity index (χ0) is 23.3. The molecule has 0 bridgehead atoms. The number of morpholine rings is 1. The van der Waals surface area contributed by atoms with Gasteiger partial charge in [0.2, 0.25) is 10.7 Å². The molecule has 0 radical (unpaired) electrons. The van der Waals surface area contributed by atoms with Crippen LogP contribution in [0.25, 0.3) is 0 Å². The van der Waals surface area contributed by atoms with Gasteiger partial charge in [-0.2, -0.15) is 0 Å². The fourth-order valence-electron chi connectivity index (χ4n) is 4.77. The number of aryl methyl sites for hydroxylation is 1. The van der Waals surface area contributed by atoms with Gasteiger partial charge >= 0.3 is 0 Å². The van der Waals surface area contributed by atoms with Gasteiger partial charge in [-0.15, -0.1) is 5.10 Å². The highest BCUT2D eigenvalue weighted by Gasteiger charge is 2.22. The minimum atomic E-state index is 0.730. The summed E-state index contributed by atoms with van der Waals surface area (Å²) < 4.78 is 10.6. The summed E-state index contributed by atoms with van der Waals surface area (Å²) in [6.45, 7) is 11.9. The lowest BCUT2D eigenvalue weighted by atomic mass is 10.1. The first-order chi connectivity index (χ1) is 16.7. The van der Waals surface area contributed by atoms with Gasteiger partial charge in [-0.25, -0.2) is 4.68 Å². The lowest BCUT2D eigenvalue weighted by Gasteiger charge is -2.34. The maximum Gasteiger partial charge on any atom is 0.226 e. The van der Waals surface area contributed by atoms with E-state index in [1.54, 1.807) is 0 Å². The monoisotopic (exact) mass is 478 g/mol. The van der Waals surface area contributed by atoms with Crippen molar-refractivity contribution in [2.24, 2.45) is 0 Å². The lowest BCUT2D eigenvalue weighted by molar-refractivity contribution is 0.0979. The third-order valence-electron chi connectivity index (χ3n) is 6.67. The first-order valence-electron chi connectivity index (χ1n) is 12.2. The van der Waals surface area contributed by atoms with E-state index < -0.39 is 0 Å². The number of benzene rings is 2. The summed E-state index contributed by atoms with van der Waals surface area (Å²) in [6, 6.07) is 19.3. The molecule has 2 saturated heterocycles. The van der Waals surface area contributed by atoms with Gasteiger partial charge in [-0.3, -0.25) is 14.4 Å². The Kier molecular flexibility index (Phi) is 7.39. The van der Waals surface area contributed by atoms with Crippen LogP contribution >= 0.6 is 12.2 Å². The number of nitrogens with zero attached hydrogens (tertiary/aromatic N) is 6. The van der Waals surface area contributed by atoms with Crippen molar-refractivity contribution < 1.29 is 4.74 Å². The molecule has 0 aliphatic carbocycles. The second-order valence-electron chi connectivity index (χ2n) is 9.28. The van der Waals surface area contributed by atoms with Crippen LogP contribution in [0.2, 0.25) is 0 Å². The first-order valence-corrected chi connectivity index (χ1v) is 12.6. The van der Waals surface area contributed by atoms with Gasteiger partial charge in [0.05, 0.1) is 26.4 Å². The highest BCUT2D eigenvalue weighted by Crippen LogP contribution is 2.19. The summed E-state index contributed by atoms with van der Waals surface area (Å²) in [5, 5.41) is 5.01. The van der Waals surface area contributed by atoms with Crippen LogP contribution in [0, 0.1) is 11.7 Å². The van der Waals surface area contributed by atoms with Crippen LogP contribution in [0.15, 0.2) is 54.6 Å². The normalized spacial score (nSPS) is 17.9. The lowest BCUT2D eigenvalue weighted by Crippen LogP contribution is -2.46. The van der Waals surface area contributed by atoms with E-state index in [9.17, 15) is 0 Å². The quantitative estimate of drug-likeness (QED) is 0.485. The van der Waals surface area contributed by atoms with Crippen molar-refractivity contribution in [2.75, 3.05) is 57.4 Å². The molecule has 0 N–H and O–H groups in total. The molecule has 3 aromatic rings. The fraction of sp³-hybridized carbons (Fsp3) is 0.462. The highest BCUT2D eigenvalue weighted by molar-refractivity contribution is 7.71. The molecule has 0 spiro atoms. The Morgan fingerprint density at radius 1 is 0.824 bits per heavy atom. The van der Waals surface area contributed by atoms with Crippen molar-refractivity contribution >= 4 is 18.2 Å². The molecule has 7 nitrogen and oxygen atoms in total. The van der Waals surface area contributed by atoms with Crippen LogP contribution in [0.5, 0.6) is 0 Å². The Morgan fingerprint density at radius 2 is 1.53 bits per heavy atom. The van der Waals surface area contributed by atoms with Crippen LogP contribution in [0.1, 0.15) is 16.7 Å². The van der Waals surface area contributed by atoms with Crippen molar-refractivity contribution in [1.82, 2.24) is 24.1 Å². The number of aromatic nitrogens is 3. The summed E-state index contributed by atoms with van der Waals surface area (Å²) in [5.41, 5.74) is 3.95. The van der Waals surface area contributed by atoms with E-state index in [0.29, 0.717) is 0 Å². The number of rotatable bonds is 7. The zero-order valence-electron chi connectivity index (χ0n) is 20.0. The molecule has 2 fully saturated rings. The van der Waals surface area contributed by atoms with E-state index in [1.807, 2.05) is 10.7 Å². The van der Waals surface area contributed by atoms with Crippen molar-refractivity contribution in [1.29, 1.82) is 0 Å². The Labute approximate surface area is 207 Å². The molecule has 1 aromatic heterocycles. The summed E-state index contributed by atoms with van der Waals surface area (Å²) in [6.07, 6.45) is 0. The van der Waals surface area contributed by atoms with E-state index in [2.05, 4.69) is 74.7 Å². The molecule has 0 unspecified atom stereocenters. The van der Waals surface area contributed by atoms with Crippen molar-refractivity contribution in [3.63, 3.8) is 0 Å². The average Bonchev–Trinajstić information content (AvgIpc) is 3.16. The third-order valence-corrected chi connectivity index (χ3v) is 7.10. The van der Waals surface area contributed by atoms with E-state index in [4.69, 9.17) is 22.1 Å². The molecule has 34 heavy (non-hydrogen) atoms. The van der Waals surface area contributed by atoms with Gasteiger partial charge in [0.1, 0.15) is 0 Å². The van der Waals surface area contributed by atoms with Gasteiger partial charge in [0, 0.05) is 45.8 Å². The molecule has 8 heteroatoms. The number of ether oxygens (including phenoxy) is 1. The fourth-order valence-corrected chi connectivity index (χ4v) is 5.02. The number of hydrogen-bond acceptors (Lipinski definition) is 6. The van der Waals surface area contributed by atoms with E-state index in [1.165, 1.54) is 16.7 Å². The van der Waals surface area contributed by atoms with Crippen LogP contribution in [-0.2, 0) is 24.5 Å². The van der Waals surface area contributed by atoms with Gasteiger partial charge < -0.3 is 9.64 Å². The topological polar surface area (TPSA) is 41.7 Å². The molecule has 0 amide bonds. The Morgan fingerprint density at radius 3 is 2.26 bits per heavy atom. The summed E-state index contributed by atoms with van der Waals surface area (Å²) in [5.74, 6) is 0.954. The third kappa shape index (κ3) is 5.58. The van der Waals surface area contributed by atoms with Gasteiger partial charge in [-0.1, -0.05) is 60.2 Å². The average molecular weight is 479 g/mol. The smallest absolute Gasteiger partial charge is 0.226 e. The summed E-state index contributed by atoms with van der Waals surface area (Å²) in [7, 11) is 0. The van der Waals surface area contributed by atoms with E-state index >= 15 is 0 Å². The molecule has 180 valence electrons. The molecule has 3 heterocycles. The molecule has 2 aliphatic heterocycles. The molecular weight excluding hydrogens is 444 g/mol. The minimum absolute atomic E-state index is 0.730. The predicted molar refractivity (Wildman–Crippen MR) is 138 cm³/mol. The Hall–Kier alpha value is -2.52. The highest BCUT2D eigenvalue weighted by atomic mass is 32.1. The molecule has 2 aliphatic rings. The summed E-state index contributed by atoms with van der Waals surface area (Å²) in [4.78, 5) is 7.31.